The highest BCUT2D eigenvalue weighted by Crippen LogP contribution is 2.28. The van der Waals surface area contributed by atoms with E-state index in [1.165, 1.54) is 16.9 Å². The summed E-state index contributed by atoms with van der Waals surface area (Å²) in [5, 5.41) is 29.2. The third-order valence-electron chi connectivity index (χ3n) is 7.25. The van der Waals surface area contributed by atoms with Gasteiger partial charge in [0.1, 0.15) is 11.5 Å². The summed E-state index contributed by atoms with van der Waals surface area (Å²) < 4.78 is 10.3. The van der Waals surface area contributed by atoms with E-state index in [4.69, 9.17) is 20.0 Å². The fraction of sp³-hybridized carbons (Fsp3) is 0.132. The second-order valence-electron chi connectivity index (χ2n) is 10.6. The van der Waals surface area contributed by atoms with Gasteiger partial charge in [-0.05, 0) is 90.3 Å². The average molecular weight is 685 g/mol. The van der Waals surface area contributed by atoms with Gasteiger partial charge in [-0.25, -0.2) is 9.97 Å². The first-order valence-electron chi connectivity index (χ1n) is 15.2. The number of anilines is 2. The van der Waals surface area contributed by atoms with Crippen molar-refractivity contribution in [2.75, 3.05) is 31.4 Å². The summed E-state index contributed by atoms with van der Waals surface area (Å²) in [5.41, 5.74) is 7.13. The summed E-state index contributed by atoms with van der Waals surface area (Å²) in [5.74, 6) is 1.49. The number of carbonyl (C=O) groups is 1. The van der Waals surface area contributed by atoms with E-state index in [0.717, 1.165) is 57.7 Å². The second-order valence-corrected chi connectivity index (χ2v) is 12.3. The molecular weight excluding hydrogens is 653 g/mol. The van der Waals surface area contributed by atoms with Crippen LogP contribution >= 0.6 is 22.7 Å². The SMILES string of the molecule is COc1ccc(-c2csc(NC(=O)Cc3ccc(C#N)cc3)n2)cc1.COc1ccc(-c2csc(NCCc3ccc(C#N)cc3)n2)cc1. The number of hydrogen-bond donors (Lipinski definition) is 2. The number of nitrogens with one attached hydrogen (secondary N) is 2. The lowest BCUT2D eigenvalue weighted by Gasteiger charge is -2.03. The van der Waals surface area contributed by atoms with E-state index >= 15 is 0 Å². The lowest BCUT2D eigenvalue weighted by Crippen LogP contribution is -2.14. The van der Waals surface area contributed by atoms with E-state index in [9.17, 15) is 4.79 Å². The number of amides is 1. The molecule has 0 aliphatic carbocycles. The van der Waals surface area contributed by atoms with Gasteiger partial charge in [0.15, 0.2) is 10.3 Å². The molecule has 9 nitrogen and oxygen atoms in total. The molecule has 0 saturated heterocycles. The van der Waals surface area contributed by atoms with Gasteiger partial charge in [-0.2, -0.15) is 10.5 Å². The summed E-state index contributed by atoms with van der Waals surface area (Å²) in [7, 11) is 3.28. The van der Waals surface area contributed by atoms with Crippen molar-refractivity contribution in [2.45, 2.75) is 12.8 Å². The van der Waals surface area contributed by atoms with Gasteiger partial charge in [0.05, 0.1) is 55.3 Å². The first kappa shape index (κ1) is 34.3. The van der Waals surface area contributed by atoms with Crippen molar-refractivity contribution in [1.82, 2.24) is 9.97 Å². The number of nitriles is 2. The van der Waals surface area contributed by atoms with Gasteiger partial charge in [0.25, 0.3) is 0 Å². The van der Waals surface area contributed by atoms with Crippen molar-refractivity contribution in [3.05, 3.63) is 130 Å². The lowest BCUT2D eigenvalue weighted by molar-refractivity contribution is -0.115. The highest BCUT2D eigenvalue weighted by molar-refractivity contribution is 7.14. The quantitative estimate of drug-likeness (QED) is 0.140. The molecule has 0 saturated carbocycles. The number of methoxy groups -OCH3 is 2. The van der Waals surface area contributed by atoms with Crippen LogP contribution in [0.5, 0.6) is 11.5 Å². The van der Waals surface area contributed by atoms with Gasteiger partial charge in [0, 0.05) is 28.4 Å². The standard InChI is InChI=1S/C19H15N3O2S.C19H17N3OS/c1-24-16-8-6-15(7-9-16)17-12-25-19(21-17)22-18(23)10-13-2-4-14(11-20)5-3-13;1-23-17-8-6-16(7-9-17)18-13-24-19(22-18)21-11-10-14-2-4-15(12-20)5-3-14/h2-9,12H,10H2,1H3,(H,21,22,23);2-9,13H,10-11H2,1H3,(H,21,22). The van der Waals surface area contributed by atoms with Crippen LogP contribution in [0.2, 0.25) is 0 Å². The molecule has 0 unspecified atom stereocenters. The van der Waals surface area contributed by atoms with E-state index < -0.39 is 0 Å². The summed E-state index contributed by atoms with van der Waals surface area (Å²) in [6, 6.07) is 34.3. The van der Waals surface area contributed by atoms with E-state index in [2.05, 4.69) is 32.7 Å². The zero-order chi connectivity index (χ0) is 34.4. The van der Waals surface area contributed by atoms with Gasteiger partial charge in [-0.3, -0.25) is 4.79 Å². The zero-order valence-electron chi connectivity index (χ0n) is 26.8. The van der Waals surface area contributed by atoms with Crippen LogP contribution < -0.4 is 20.1 Å². The van der Waals surface area contributed by atoms with Crippen molar-refractivity contribution in [2.24, 2.45) is 0 Å². The molecule has 2 aromatic heterocycles. The van der Waals surface area contributed by atoms with Crippen LogP contribution in [0.4, 0.5) is 10.3 Å². The van der Waals surface area contributed by atoms with Crippen LogP contribution in [0.25, 0.3) is 22.5 Å². The number of nitrogens with zero attached hydrogens (tertiary/aromatic N) is 4. The number of ether oxygens (including phenoxy) is 2. The van der Waals surface area contributed by atoms with Crippen molar-refractivity contribution in [3.63, 3.8) is 0 Å². The molecule has 2 heterocycles. The molecule has 1 amide bonds. The Morgan fingerprint density at radius 3 is 1.63 bits per heavy atom. The topological polar surface area (TPSA) is 133 Å². The number of carbonyl (C=O) groups excluding carboxylic acids is 1. The monoisotopic (exact) mass is 684 g/mol. The summed E-state index contributed by atoms with van der Waals surface area (Å²) in [6.45, 7) is 0.807. The molecule has 4 aromatic carbocycles. The number of hydrogen-bond acceptors (Lipinski definition) is 10. The molecule has 49 heavy (non-hydrogen) atoms. The van der Waals surface area contributed by atoms with Crippen LogP contribution in [-0.2, 0) is 17.6 Å². The molecule has 11 heteroatoms. The van der Waals surface area contributed by atoms with Crippen molar-refractivity contribution in [3.8, 4) is 46.2 Å². The molecule has 6 rings (SSSR count). The van der Waals surface area contributed by atoms with Crippen LogP contribution in [0, 0.1) is 22.7 Å². The van der Waals surface area contributed by atoms with Gasteiger partial charge < -0.3 is 20.1 Å². The van der Waals surface area contributed by atoms with Crippen molar-refractivity contribution >= 4 is 38.8 Å². The lowest BCUT2D eigenvalue weighted by atomic mass is 10.1. The molecular formula is C38H32N6O3S2. The molecule has 2 N–H and O–H groups in total. The zero-order valence-corrected chi connectivity index (χ0v) is 28.5. The van der Waals surface area contributed by atoms with Crippen LogP contribution in [0.1, 0.15) is 22.3 Å². The maximum atomic E-state index is 12.1. The Balaban J connectivity index is 0.000000191. The molecule has 244 valence electrons. The summed E-state index contributed by atoms with van der Waals surface area (Å²) >= 11 is 2.98. The fourth-order valence-corrected chi connectivity index (χ4v) is 6.06. The summed E-state index contributed by atoms with van der Waals surface area (Å²) in [4.78, 5) is 21.2. The number of thiazole rings is 2. The highest BCUT2D eigenvalue weighted by Gasteiger charge is 2.10. The molecule has 6 aromatic rings. The minimum Gasteiger partial charge on any atom is -0.497 e. The largest absolute Gasteiger partial charge is 0.497 e. The molecule has 0 spiro atoms. The van der Waals surface area contributed by atoms with Gasteiger partial charge >= 0.3 is 0 Å². The minimum absolute atomic E-state index is 0.139. The molecule has 0 aliphatic heterocycles. The number of rotatable bonds is 11. The van der Waals surface area contributed by atoms with E-state index in [0.29, 0.717) is 16.3 Å². The Labute approximate surface area is 293 Å². The van der Waals surface area contributed by atoms with E-state index in [1.807, 2.05) is 83.6 Å². The minimum atomic E-state index is -0.139. The Kier molecular flexibility index (Phi) is 12.1. The second kappa shape index (κ2) is 17.2. The molecule has 0 atom stereocenters. The normalized spacial score (nSPS) is 10.1. The highest BCUT2D eigenvalue weighted by atomic mass is 32.1. The third-order valence-corrected chi connectivity index (χ3v) is 8.80. The Morgan fingerprint density at radius 2 is 1.14 bits per heavy atom. The van der Waals surface area contributed by atoms with Crippen LogP contribution in [-0.4, -0.2) is 36.6 Å². The van der Waals surface area contributed by atoms with E-state index in [1.54, 1.807) is 49.8 Å². The Hall–Kier alpha value is -6.01. The van der Waals surface area contributed by atoms with Crippen molar-refractivity contribution < 1.29 is 14.3 Å². The van der Waals surface area contributed by atoms with Crippen LogP contribution in [0.3, 0.4) is 0 Å². The fourth-order valence-electron chi connectivity index (χ4n) is 4.58. The predicted octanol–water partition coefficient (Wildman–Crippen LogP) is 8.22. The average Bonchev–Trinajstić information content (AvgIpc) is 3.83. The van der Waals surface area contributed by atoms with Crippen molar-refractivity contribution in [1.29, 1.82) is 10.5 Å². The first-order chi connectivity index (χ1) is 24.0. The molecule has 0 aliphatic rings. The Bertz CT molecular complexity index is 2040. The smallest absolute Gasteiger partial charge is 0.230 e. The van der Waals surface area contributed by atoms with E-state index in [-0.39, 0.29) is 12.3 Å². The van der Waals surface area contributed by atoms with Crippen LogP contribution in [0.15, 0.2) is 108 Å². The van der Waals surface area contributed by atoms with Gasteiger partial charge in [-0.15, -0.1) is 22.7 Å². The molecule has 0 radical (unpaired) electrons. The maximum absolute atomic E-state index is 12.1. The Morgan fingerprint density at radius 1 is 0.673 bits per heavy atom. The third kappa shape index (κ3) is 9.99. The maximum Gasteiger partial charge on any atom is 0.230 e. The van der Waals surface area contributed by atoms with Gasteiger partial charge in [0.2, 0.25) is 5.91 Å². The predicted molar refractivity (Wildman–Crippen MR) is 195 cm³/mol. The molecule has 0 bridgehead atoms. The van der Waals surface area contributed by atoms with Gasteiger partial charge in [-0.1, -0.05) is 24.3 Å². The first-order valence-corrected chi connectivity index (χ1v) is 16.9. The number of benzene rings is 4. The number of aromatic nitrogens is 2. The molecule has 0 fully saturated rings. The summed E-state index contributed by atoms with van der Waals surface area (Å²) in [6.07, 6.45) is 1.13.